The Kier molecular flexibility index (Phi) is 4.99. The maximum atomic E-state index is 11.1. The van der Waals surface area contributed by atoms with E-state index in [0.717, 1.165) is 12.0 Å². The lowest BCUT2D eigenvalue weighted by Gasteiger charge is -2.20. The Labute approximate surface area is 96.5 Å². The van der Waals surface area contributed by atoms with Crippen LogP contribution in [0.5, 0.6) is 0 Å². The molecule has 0 spiro atoms. The summed E-state index contributed by atoms with van der Waals surface area (Å²) in [6.07, 6.45) is 0.860. The topological polar surface area (TPSA) is 49.3 Å². The minimum Gasteiger partial charge on any atom is -0.480 e. The quantitative estimate of drug-likeness (QED) is 0.774. The van der Waals surface area contributed by atoms with Gasteiger partial charge in [0, 0.05) is 6.54 Å². The predicted octanol–water partition coefficient (Wildman–Crippen LogP) is 2.28. The summed E-state index contributed by atoms with van der Waals surface area (Å²) in [4.78, 5) is 11.1. The number of aliphatic carboxylic acids is 1. The largest absolute Gasteiger partial charge is 0.480 e. The lowest BCUT2D eigenvalue weighted by molar-refractivity contribution is -0.140. The van der Waals surface area contributed by atoms with Crippen molar-refractivity contribution in [1.82, 2.24) is 5.32 Å². The molecule has 0 amide bonds. The first kappa shape index (κ1) is 12.7. The van der Waals surface area contributed by atoms with Gasteiger partial charge in [-0.2, -0.15) is 0 Å². The summed E-state index contributed by atoms with van der Waals surface area (Å²) in [6, 6.07) is 9.37. The lowest BCUT2D eigenvalue weighted by Crippen LogP contribution is -2.41. The molecule has 1 rings (SSSR count). The highest BCUT2D eigenvalue weighted by Gasteiger charge is 2.22. The van der Waals surface area contributed by atoms with E-state index in [1.54, 1.807) is 0 Å². The number of hydrogen-bond donors (Lipinski definition) is 2. The zero-order valence-corrected chi connectivity index (χ0v) is 9.81. The first-order valence-corrected chi connectivity index (χ1v) is 5.65. The predicted molar refractivity (Wildman–Crippen MR) is 64.2 cm³/mol. The zero-order chi connectivity index (χ0) is 12.0. The molecule has 1 unspecified atom stereocenters. The van der Waals surface area contributed by atoms with Gasteiger partial charge in [0.05, 0.1) is 0 Å². The van der Waals surface area contributed by atoms with E-state index in [-0.39, 0.29) is 5.92 Å². The molecule has 3 heteroatoms. The van der Waals surface area contributed by atoms with Gasteiger partial charge in [-0.05, 0) is 11.5 Å². The molecular weight excluding hydrogens is 202 g/mol. The molecule has 0 radical (unpaired) electrons. The molecule has 0 saturated carbocycles. The highest BCUT2D eigenvalue weighted by Crippen LogP contribution is 2.09. The van der Waals surface area contributed by atoms with Gasteiger partial charge in [0.2, 0.25) is 0 Å². The van der Waals surface area contributed by atoms with Crippen LogP contribution >= 0.6 is 0 Å². The fraction of sp³-hybridized carbons (Fsp3) is 0.462. The van der Waals surface area contributed by atoms with Gasteiger partial charge in [0.25, 0.3) is 0 Å². The number of hydrogen-bond acceptors (Lipinski definition) is 2. The molecule has 0 aliphatic heterocycles. The highest BCUT2D eigenvalue weighted by atomic mass is 16.4. The number of carbonyl (C=O) groups is 1. The van der Waals surface area contributed by atoms with E-state index in [9.17, 15) is 4.79 Å². The second-order valence-electron chi connectivity index (χ2n) is 4.07. The molecule has 1 aromatic carbocycles. The van der Waals surface area contributed by atoms with E-state index < -0.39 is 12.0 Å². The number of rotatable bonds is 6. The summed E-state index contributed by atoms with van der Waals surface area (Å²) in [5.74, 6) is -0.633. The first-order valence-electron chi connectivity index (χ1n) is 5.65. The monoisotopic (exact) mass is 221 g/mol. The summed E-state index contributed by atoms with van der Waals surface area (Å²) >= 11 is 0. The number of carboxylic acids is 1. The van der Waals surface area contributed by atoms with Gasteiger partial charge in [-0.1, -0.05) is 50.6 Å². The fourth-order valence-electron chi connectivity index (χ4n) is 1.59. The molecule has 1 aromatic rings. The van der Waals surface area contributed by atoms with Crippen molar-refractivity contribution in [2.24, 2.45) is 5.92 Å². The van der Waals surface area contributed by atoms with E-state index in [1.165, 1.54) is 0 Å². The van der Waals surface area contributed by atoms with Crippen LogP contribution in [-0.4, -0.2) is 17.1 Å². The summed E-state index contributed by atoms with van der Waals surface area (Å²) in [5, 5.41) is 12.2. The average Bonchev–Trinajstić information content (AvgIpc) is 2.30. The first-order chi connectivity index (χ1) is 7.65. The lowest BCUT2D eigenvalue weighted by atomic mass is 9.99. The van der Waals surface area contributed by atoms with Crippen LogP contribution in [-0.2, 0) is 11.3 Å². The molecular formula is C13H19NO2. The SMILES string of the molecule is CC[C@H](C)C(NCc1ccccc1)C(=O)O. The van der Waals surface area contributed by atoms with Crippen LogP contribution in [0.1, 0.15) is 25.8 Å². The van der Waals surface area contributed by atoms with Gasteiger partial charge in [-0.25, -0.2) is 0 Å². The molecule has 0 saturated heterocycles. The fourth-order valence-corrected chi connectivity index (χ4v) is 1.59. The number of carboxylic acid groups (broad SMARTS) is 1. The van der Waals surface area contributed by atoms with Crippen molar-refractivity contribution >= 4 is 5.97 Å². The third kappa shape index (κ3) is 3.66. The van der Waals surface area contributed by atoms with Crippen LogP contribution in [0.15, 0.2) is 30.3 Å². The van der Waals surface area contributed by atoms with Crippen LogP contribution in [0, 0.1) is 5.92 Å². The van der Waals surface area contributed by atoms with Crippen LogP contribution in [0.25, 0.3) is 0 Å². The Bertz CT molecular complexity index is 324. The molecule has 2 N–H and O–H groups in total. The van der Waals surface area contributed by atoms with Crippen LogP contribution in [0.3, 0.4) is 0 Å². The van der Waals surface area contributed by atoms with Gasteiger partial charge >= 0.3 is 5.97 Å². The number of benzene rings is 1. The maximum absolute atomic E-state index is 11.1. The van der Waals surface area contributed by atoms with Crippen LogP contribution in [0.4, 0.5) is 0 Å². The Morgan fingerprint density at radius 2 is 2.00 bits per heavy atom. The number of nitrogens with one attached hydrogen (secondary N) is 1. The molecule has 0 heterocycles. The molecule has 0 bridgehead atoms. The van der Waals surface area contributed by atoms with Gasteiger partial charge in [-0.3, -0.25) is 4.79 Å². The smallest absolute Gasteiger partial charge is 0.320 e. The van der Waals surface area contributed by atoms with Crippen molar-refractivity contribution in [1.29, 1.82) is 0 Å². The Hall–Kier alpha value is -1.35. The van der Waals surface area contributed by atoms with Crippen molar-refractivity contribution in [3.8, 4) is 0 Å². The van der Waals surface area contributed by atoms with Crippen molar-refractivity contribution in [2.45, 2.75) is 32.9 Å². The molecule has 0 aliphatic rings. The Morgan fingerprint density at radius 3 is 2.50 bits per heavy atom. The van der Waals surface area contributed by atoms with E-state index in [2.05, 4.69) is 5.32 Å². The molecule has 0 aromatic heterocycles. The van der Waals surface area contributed by atoms with Gasteiger partial charge in [0.15, 0.2) is 0 Å². The van der Waals surface area contributed by atoms with Crippen molar-refractivity contribution in [3.63, 3.8) is 0 Å². The normalized spacial score (nSPS) is 14.4. The maximum Gasteiger partial charge on any atom is 0.320 e. The standard InChI is InChI=1S/C13H19NO2/c1-3-10(2)12(13(15)16)14-9-11-7-5-4-6-8-11/h4-8,10,12,14H,3,9H2,1-2H3,(H,15,16)/t10-,12?/m0/s1. The minimum absolute atomic E-state index is 0.140. The summed E-state index contributed by atoms with van der Waals surface area (Å²) < 4.78 is 0. The molecule has 0 fully saturated rings. The summed E-state index contributed by atoms with van der Waals surface area (Å²) in [6.45, 7) is 4.56. The summed E-state index contributed by atoms with van der Waals surface area (Å²) in [7, 11) is 0. The van der Waals surface area contributed by atoms with E-state index in [4.69, 9.17) is 5.11 Å². The van der Waals surface area contributed by atoms with Crippen LogP contribution in [0.2, 0.25) is 0 Å². The second kappa shape index (κ2) is 6.28. The van der Waals surface area contributed by atoms with Gasteiger partial charge < -0.3 is 10.4 Å². The van der Waals surface area contributed by atoms with Crippen molar-refractivity contribution < 1.29 is 9.90 Å². The zero-order valence-electron chi connectivity index (χ0n) is 9.81. The third-order valence-corrected chi connectivity index (χ3v) is 2.85. The molecule has 16 heavy (non-hydrogen) atoms. The summed E-state index contributed by atoms with van der Waals surface area (Å²) in [5.41, 5.74) is 1.11. The van der Waals surface area contributed by atoms with Crippen LogP contribution < -0.4 is 5.32 Å². The molecule has 2 atom stereocenters. The Morgan fingerprint density at radius 1 is 1.38 bits per heavy atom. The van der Waals surface area contributed by atoms with E-state index >= 15 is 0 Å². The average molecular weight is 221 g/mol. The van der Waals surface area contributed by atoms with E-state index in [0.29, 0.717) is 6.54 Å². The minimum atomic E-state index is -0.773. The van der Waals surface area contributed by atoms with Gasteiger partial charge in [0.1, 0.15) is 6.04 Å². The van der Waals surface area contributed by atoms with E-state index in [1.807, 2.05) is 44.2 Å². The molecule has 3 nitrogen and oxygen atoms in total. The van der Waals surface area contributed by atoms with Gasteiger partial charge in [-0.15, -0.1) is 0 Å². The highest BCUT2D eigenvalue weighted by molar-refractivity contribution is 5.73. The molecule has 88 valence electrons. The van der Waals surface area contributed by atoms with Crippen molar-refractivity contribution in [3.05, 3.63) is 35.9 Å². The Balaban J connectivity index is 2.54. The molecule has 0 aliphatic carbocycles. The second-order valence-corrected chi connectivity index (χ2v) is 4.07. The third-order valence-electron chi connectivity index (χ3n) is 2.85. The van der Waals surface area contributed by atoms with Crippen molar-refractivity contribution in [2.75, 3.05) is 0 Å².